The molecule has 0 saturated carbocycles. The van der Waals surface area contributed by atoms with Crippen LogP contribution >= 0.6 is 0 Å². The zero-order valence-electron chi connectivity index (χ0n) is 11.4. The van der Waals surface area contributed by atoms with Crippen LogP contribution in [0.1, 0.15) is 0 Å². The fraction of sp³-hybridized carbons (Fsp3) is 0.0625. The molecule has 0 bridgehead atoms. The molecule has 0 spiro atoms. The summed E-state index contributed by atoms with van der Waals surface area (Å²) in [4.78, 5) is 4.70. The van der Waals surface area contributed by atoms with E-state index in [1.165, 1.54) is 0 Å². The summed E-state index contributed by atoms with van der Waals surface area (Å²) in [5.41, 5.74) is 3.31. The number of aromatic nitrogens is 4. The van der Waals surface area contributed by atoms with Crippen LogP contribution in [0.15, 0.2) is 54.7 Å². The molecular formula is C16H12N4O. The van der Waals surface area contributed by atoms with Crippen molar-refractivity contribution < 1.29 is 4.74 Å². The first-order valence-corrected chi connectivity index (χ1v) is 6.61. The number of rotatable bonds is 2. The third-order valence-corrected chi connectivity index (χ3v) is 3.47. The standard InChI is InChI=1S/C16H12N4O/c1-21-14-7-4-5-11-8-9-12(17-15(11)14)16-13-6-2-3-10-20(13)19-18-16/h2-10H,1H3. The number of pyridine rings is 2. The van der Waals surface area contributed by atoms with Gasteiger partial charge in [0.25, 0.3) is 0 Å². The Morgan fingerprint density at radius 2 is 1.95 bits per heavy atom. The molecule has 0 saturated heterocycles. The van der Waals surface area contributed by atoms with Gasteiger partial charge in [-0.05, 0) is 24.3 Å². The molecular weight excluding hydrogens is 264 g/mol. The minimum absolute atomic E-state index is 0.755. The lowest BCUT2D eigenvalue weighted by Gasteiger charge is -2.05. The van der Waals surface area contributed by atoms with E-state index in [1.54, 1.807) is 11.6 Å². The molecule has 4 aromatic rings. The van der Waals surface area contributed by atoms with Crippen molar-refractivity contribution in [2.24, 2.45) is 0 Å². The maximum Gasteiger partial charge on any atom is 0.145 e. The molecule has 0 unspecified atom stereocenters. The number of para-hydroxylation sites is 1. The number of ether oxygens (including phenoxy) is 1. The van der Waals surface area contributed by atoms with E-state index in [0.717, 1.165) is 33.6 Å². The lowest BCUT2D eigenvalue weighted by Crippen LogP contribution is -1.90. The zero-order chi connectivity index (χ0) is 14.2. The summed E-state index contributed by atoms with van der Waals surface area (Å²) in [5, 5.41) is 9.39. The Morgan fingerprint density at radius 1 is 1.00 bits per heavy atom. The number of nitrogens with zero attached hydrogens (tertiary/aromatic N) is 4. The van der Waals surface area contributed by atoms with Gasteiger partial charge in [0.15, 0.2) is 0 Å². The van der Waals surface area contributed by atoms with E-state index in [1.807, 2.05) is 54.7 Å². The Bertz CT molecular complexity index is 945. The maximum atomic E-state index is 5.38. The van der Waals surface area contributed by atoms with E-state index in [9.17, 15) is 0 Å². The van der Waals surface area contributed by atoms with Gasteiger partial charge in [0.05, 0.1) is 18.3 Å². The summed E-state index contributed by atoms with van der Waals surface area (Å²) in [7, 11) is 1.65. The largest absolute Gasteiger partial charge is 0.494 e. The average Bonchev–Trinajstić information content (AvgIpc) is 2.98. The van der Waals surface area contributed by atoms with E-state index in [-0.39, 0.29) is 0 Å². The van der Waals surface area contributed by atoms with Crippen molar-refractivity contribution in [3.05, 3.63) is 54.7 Å². The van der Waals surface area contributed by atoms with E-state index in [2.05, 4.69) is 10.3 Å². The molecule has 0 fully saturated rings. The zero-order valence-corrected chi connectivity index (χ0v) is 11.4. The molecule has 0 aliphatic heterocycles. The summed E-state index contributed by atoms with van der Waals surface area (Å²) in [6.45, 7) is 0. The van der Waals surface area contributed by atoms with E-state index < -0.39 is 0 Å². The first-order chi connectivity index (χ1) is 10.4. The summed E-state index contributed by atoms with van der Waals surface area (Å²) in [6.07, 6.45) is 1.87. The van der Waals surface area contributed by atoms with Crippen molar-refractivity contribution in [3.63, 3.8) is 0 Å². The molecule has 3 heterocycles. The lowest BCUT2D eigenvalue weighted by molar-refractivity contribution is 0.419. The predicted octanol–water partition coefficient (Wildman–Crippen LogP) is 2.95. The van der Waals surface area contributed by atoms with Gasteiger partial charge in [-0.2, -0.15) is 0 Å². The maximum absolute atomic E-state index is 5.38. The molecule has 4 rings (SSSR count). The second-order valence-electron chi connectivity index (χ2n) is 4.70. The Labute approximate surface area is 120 Å². The molecule has 3 aromatic heterocycles. The Hall–Kier alpha value is -2.95. The van der Waals surface area contributed by atoms with Gasteiger partial charge in [-0.15, -0.1) is 5.10 Å². The van der Waals surface area contributed by atoms with Gasteiger partial charge in [0.2, 0.25) is 0 Å². The third-order valence-electron chi connectivity index (χ3n) is 3.47. The monoisotopic (exact) mass is 276 g/mol. The summed E-state index contributed by atoms with van der Waals surface area (Å²) in [6, 6.07) is 15.7. The van der Waals surface area contributed by atoms with Gasteiger partial charge in [0, 0.05) is 11.6 Å². The number of hydrogen-bond acceptors (Lipinski definition) is 4. The number of benzene rings is 1. The number of methoxy groups -OCH3 is 1. The van der Waals surface area contributed by atoms with Crippen LogP contribution < -0.4 is 4.74 Å². The van der Waals surface area contributed by atoms with Gasteiger partial charge in [-0.1, -0.05) is 29.5 Å². The van der Waals surface area contributed by atoms with E-state index >= 15 is 0 Å². The van der Waals surface area contributed by atoms with Gasteiger partial charge in [-0.25, -0.2) is 9.50 Å². The van der Waals surface area contributed by atoms with Crippen molar-refractivity contribution in [1.82, 2.24) is 19.8 Å². The normalized spacial score (nSPS) is 11.1. The van der Waals surface area contributed by atoms with Gasteiger partial charge in [-0.3, -0.25) is 0 Å². The SMILES string of the molecule is COc1cccc2ccc(-c3nnn4ccccc34)nc12. The quantitative estimate of drug-likeness (QED) is 0.565. The molecule has 0 N–H and O–H groups in total. The number of fused-ring (bicyclic) bond motifs is 2. The molecule has 102 valence electrons. The Balaban J connectivity index is 1.98. The number of hydrogen-bond donors (Lipinski definition) is 0. The van der Waals surface area contributed by atoms with Gasteiger partial charge in [0.1, 0.15) is 17.0 Å². The summed E-state index contributed by atoms with van der Waals surface area (Å²) < 4.78 is 7.12. The van der Waals surface area contributed by atoms with E-state index in [4.69, 9.17) is 9.72 Å². The lowest BCUT2D eigenvalue weighted by atomic mass is 10.1. The molecule has 5 heteroatoms. The Kier molecular flexibility index (Phi) is 2.57. The summed E-state index contributed by atoms with van der Waals surface area (Å²) in [5.74, 6) is 0.755. The summed E-state index contributed by atoms with van der Waals surface area (Å²) >= 11 is 0. The van der Waals surface area contributed by atoms with Gasteiger partial charge < -0.3 is 4.74 Å². The molecule has 0 radical (unpaired) electrons. The predicted molar refractivity (Wildman–Crippen MR) is 80.3 cm³/mol. The Morgan fingerprint density at radius 3 is 2.86 bits per heavy atom. The average molecular weight is 276 g/mol. The molecule has 0 aliphatic rings. The van der Waals surface area contributed by atoms with Gasteiger partial charge >= 0.3 is 0 Å². The van der Waals surface area contributed by atoms with Crippen molar-refractivity contribution in [3.8, 4) is 17.1 Å². The highest BCUT2D eigenvalue weighted by molar-refractivity contribution is 5.87. The van der Waals surface area contributed by atoms with Crippen molar-refractivity contribution in [2.45, 2.75) is 0 Å². The molecule has 1 aromatic carbocycles. The third kappa shape index (κ3) is 1.82. The molecule has 21 heavy (non-hydrogen) atoms. The minimum Gasteiger partial charge on any atom is -0.494 e. The van der Waals surface area contributed by atoms with Crippen LogP contribution in [0, 0.1) is 0 Å². The fourth-order valence-corrected chi connectivity index (χ4v) is 2.44. The first kappa shape index (κ1) is 11.8. The van der Waals surface area contributed by atoms with Crippen LogP contribution in [-0.2, 0) is 0 Å². The highest BCUT2D eigenvalue weighted by atomic mass is 16.5. The van der Waals surface area contributed by atoms with Crippen molar-refractivity contribution in [1.29, 1.82) is 0 Å². The first-order valence-electron chi connectivity index (χ1n) is 6.61. The van der Waals surface area contributed by atoms with E-state index in [0.29, 0.717) is 0 Å². The molecule has 0 aliphatic carbocycles. The second kappa shape index (κ2) is 4.56. The molecule has 0 atom stereocenters. The van der Waals surface area contributed by atoms with Crippen LogP contribution in [0.4, 0.5) is 0 Å². The molecule has 0 amide bonds. The highest BCUT2D eigenvalue weighted by Crippen LogP contribution is 2.27. The fourth-order valence-electron chi connectivity index (χ4n) is 2.44. The van der Waals surface area contributed by atoms with Crippen LogP contribution in [0.2, 0.25) is 0 Å². The van der Waals surface area contributed by atoms with Crippen LogP contribution in [-0.4, -0.2) is 26.9 Å². The second-order valence-corrected chi connectivity index (χ2v) is 4.70. The molecule has 5 nitrogen and oxygen atoms in total. The topological polar surface area (TPSA) is 52.3 Å². The van der Waals surface area contributed by atoms with Crippen LogP contribution in [0.5, 0.6) is 5.75 Å². The highest BCUT2D eigenvalue weighted by Gasteiger charge is 2.11. The minimum atomic E-state index is 0.755. The van der Waals surface area contributed by atoms with Crippen LogP contribution in [0.25, 0.3) is 27.8 Å². The van der Waals surface area contributed by atoms with Crippen LogP contribution in [0.3, 0.4) is 0 Å². The van der Waals surface area contributed by atoms with Crippen molar-refractivity contribution in [2.75, 3.05) is 7.11 Å². The smallest absolute Gasteiger partial charge is 0.145 e. The van der Waals surface area contributed by atoms with Crippen molar-refractivity contribution >= 4 is 16.4 Å².